The molecular weight excluding hydrogens is 238 g/mol. The second-order valence-electron chi connectivity index (χ2n) is 4.93. The maximum Gasteiger partial charge on any atom is 0.327 e. The maximum absolute atomic E-state index is 11.9. The fourth-order valence-electron chi connectivity index (χ4n) is 1.98. The maximum atomic E-state index is 11.9. The van der Waals surface area contributed by atoms with Crippen molar-refractivity contribution in [2.75, 3.05) is 6.61 Å². The molecule has 0 amide bonds. The third-order valence-electron chi connectivity index (χ3n) is 3.42. The monoisotopic (exact) mass is 263 g/mol. The Balaban J connectivity index is 2.42. The minimum absolute atomic E-state index is 0.332. The Hall–Kier alpha value is -1.35. The van der Waals surface area contributed by atoms with E-state index in [2.05, 4.69) is 13.8 Å². The van der Waals surface area contributed by atoms with E-state index in [-0.39, 0.29) is 5.97 Å². The van der Waals surface area contributed by atoms with E-state index in [0.29, 0.717) is 12.5 Å². The predicted molar refractivity (Wildman–Crippen MR) is 77.6 cm³/mol. The van der Waals surface area contributed by atoms with Gasteiger partial charge in [-0.2, -0.15) is 0 Å². The molecule has 0 saturated heterocycles. The standard InChI is InChI=1S/C16H25NO2/c1-3-5-9-13(4-2)12-19-16(18)15(17)14-10-7-6-8-11-14/h6-8,10-11,13,15H,3-5,9,12,17H2,1-2H3/t13?,15-/m1/s1. The first kappa shape index (κ1) is 15.7. The second-order valence-corrected chi connectivity index (χ2v) is 4.93. The molecule has 3 nitrogen and oxygen atoms in total. The van der Waals surface area contributed by atoms with Gasteiger partial charge in [-0.05, 0) is 17.9 Å². The van der Waals surface area contributed by atoms with Crippen LogP contribution in [0.1, 0.15) is 51.1 Å². The molecule has 106 valence electrons. The Morgan fingerprint density at radius 3 is 2.53 bits per heavy atom. The van der Waals surface area contributed by atoms with Crippen molar-refractivity contribution in [2.45, 2.75) is 45.6 Å². The van der Waals surface area contributed by atoms with Crippen molar-refractivity contribution in [3.63, 3.8) is 0 Å². The summed E-state index contributed by atoms with van der Waals surface area (Å²) in [7, 11) is 0. The topological polar surface area (TPSA) is 52.3 Å². The van der Waals surface area contributed by atoms with Gasteiger partial charge in [-0.3, -0.25) is 0 Å². The van der Waals surface area contributed by atoms with E-state index in [1.165, 1.54) is 12.8 Å². The number of rotatable bonds is 8. The molecule has 0 saturated carbocycles. The zero-order valence-electron chi connectivity index (χ0n) is 12.0. The van der Waals surface area contributed by atoms with Crippen LogP contribution in [0.25, 0.3) is 0 Å². The van der Waals surface area contributed by atoms with E-state index < -0.39 is 6.04 Å². The molecule has 0 bridgehead atoms. The van der Waals surface area contributed by atoms with E-state index in [9.17, 15) is 4.79 Å². The summed E-state index contributed by atoms with van der Waals surface area (Å²) in [6, 6.07) is 8.67. The Morgan fingerprint density at radius 1 is 1.26 bits per heavy atom. The van der Waals surface area contributed by atoms with Crippen LogP contribution in [0.3, 0.4) is 0 Å². The molecule has 0 radical (unpaired) electrons. The highest BCUT2D eigenvalue weighted by Crippen LogP contribution is 2.15. The van der Waals surface area contributed by atoms with Gasteiger partial charge in [-0.25, -0.2) is 4.79 Å². The van der Waals surface area contributed by atoms with E-state index >= 15 is 0 Å². The van der Waals surface area contributed by atoms with Crippen LogP contribution in [-0.2, 0) is 9.53 Å². The molecule has 1 rings (SSSR count). The average Bonchev–Trinajstić information content (AvgIpc) is 2.47. The van der Waals surface area contributed by atoms with E-state index in [0.717, 1.165) is 18.4 Å². The number of nitrogens with two attached hydrogens (primary N) is 1. The molecule has 0 fully saturated rings. The first-order valence-corrected chi connectivity index (χ1v) is 7.16. The molecule has 3 heteroatoms. The fraction of sp³-hybridized carbons (Fsp3) is 0.562. The first-order valence-electron chi connectivity index (χ1n) is 7.16. The normalized spacial score (nSPS) is 13.8. The summed E-state index contributed by atoms with van der Waals surface area (Å²) < 4.78 is 5.34. The van der Waals surface area contributed by atoms with Crippen molar-refractivity contribution in [3.05, 3.63) is 35.9 Å². The molecule has 0 spiro atoms. The zero-order valence-corrected chi connectivity index (χ0v) is 12.0. The van der Waals surface area contributed by atoms with Crippen LogP contribution in [0.15, 0.2) is 30.3 Å². The third kappa shape index (κ3) is 5.43. The predicted octanol–water partition coefficient (Wildman–Crippen LogP) is 3.45. The molecular formula is C16H25NO2. The molecule has 19 heavy (non-hydrogen) atoms. The van der Waals surface area contributed by atoms with Crippen molar-refractivity contribution in [1.29, 1.82) is 0 Å². The van der Waals surface area contributed by atoms with Gasteiger partial charge in [0.25, 0.3) is 0 Å². The van der Waals surface area contributed by atoms with E-state index in [1.807, 2.05) is 30.3 Å². The quantitative estimate of drug-likeness (QED) is 0.731. The lowest BCUT2D eigenvalue weighted by Crippen LogP contribution is -2.25. The summed E-state index contributed by atoms with van der Waals surface area (Å²) in [6.45, 7) is 4.78. The van der Waals surface area contributed by atoms with Crippen LogP contribution >= 0.6 is 0 Å². The highest BCUT2D eigenvalue weighted by Gasteiger charge is 2.18. The van der Waals surface area contributed by atoms with Crippen molar-refractivity contribution in [2.24, 2.45) is 11.7 Å². The number of carbonyl (C=O) groups is 1. The minimum Gasteiger partial charge on any atom is -0.464 e. The van der Waals surface area contributed by atoms with Gasteiger partial charge in [-0.15, -0.1) is 0 Å². The number of benzene rings is 1. The number of carbonyl (C=O) groups excluding carboxylic acids is 1. The second kappa shape index (κ2) is 8.70. The lowest BCUT2D eigenvalue weighted by atomic mass is 10.0. The number of unbranched alkanes of at least 4 members (excludes halogenated alkanes) is 1. The lowest BCUT2D eigenvalue weighted by Gasteiger charge is -2.17. The number of hydrogen-bond acceptors (Lipinski definition) is 3. The summed E-state index contributed by atoms with van der Waals surface area (Å²) >= 11 is 0. The molecule has 0 aliphatic heterocycles. The van der Waals surface area contributed by atoms with Crippen molar-refractivity contribution in [3.8, 4) is 0 Å². The summed E-state index contributed by atoms with van der Waals surface area (Å²) in [5.41, 5.74) is 6.69. The first-order chi connectivity index (χ1) is 9.19. The van der Waals surface area contributed by atoms with Gasteiger partial charge in [0.2, 0.25) is 0 Å². The molecule has 0 heterocycles. The van der Waals surface area contributed by atoms with Gasteiger partial charge in [0, 0.05) is 0 Å². The van der Waals surface area contributed by atoms with Gasteiger partial charge < -0.3 is 10.5 Å². The molecule has 1 unspecified atom stereocenters. The fourth-order valence-corrected chi connectivity index (χ4v) is 1.98. The molecule has 2 atom stereocenters. The summed E-state index contributed by atoms with van der Waals surface area (Å²) in [5.74, 6) is 0.119. The average molecular weight is 263 g/mol. The van der Waals surface area contributed by atoms with Crippen LogP contribution in [-0.4, -0.2) is 12.6 Å². The van der Waals surface area contributed by atoms with Crippen LogP contribution < -0.4 is 5.73 Å². The van der Waals surface area contributed by atoms with Crippen LogP contribution in [0.4, 0.5) is 0 Å². The van der Waals surface area contributed by atoms with Gasteiger partial charge in [0.15, 0.2) is 0 Å². The summed E-state index contributed by atoms with van der Waals surface area (Å²) in [6.07, 6.45) is 4.50. The highest BCUT2D eigenvalue weighted by atomic mass is 16.5. The third-order valence-corrected chi connectivity index (χ3v) is 3.42. The van der Waals surface area contributed by atoms with Crippen molar-refractivity contribution >= 4 is 5.97 Å². The smallest absolute Gasteiger partial charge is 0.327 e. The molecule has 1 aromatic carbocycles. The SMILES string of the molecule is CCCCC(CC)COC(=O)[C@H](N)c1ccccc1. The Bertz CT molecular complexity index is 364. The minimum atomic E-state index is -0.676. The van der Waals surface area contributed by atoms with Crippen LogP contribution in [0.2, 0.25) is 0 Å². The van der Waals surface area contributed by atoms with Gasteiger partial charge in [0.1, 0.15) is 6.04 Å². The molecule has 1 aromatic rings. The Morgan fingerprint density at radius 2 is 1.95 bits per heavy atom. The lowest BCUT2D eigenvalue weighted by molar-refractivity contribution is -0.146. The number of hydrogen-bond donors (Lipinski definition) is 1. The number of ether oxygens (including phenoxy) is 1. The molecule has 0 aliphatic rings. The van der Waals surface area contributed by atoms with Gasteiger partial charge in [0.05, 0.1) is 6.61 Å². The summed E-state index contributed by atoms with van der Waals surface area (Å²) in [5, 5.41) is 0. The van der Waals surface area contributed by atoms with E-state index in [4.69, 9.17) is 10.5 Å². The molecule has 0 aromatic heterocycles. The largest absolute Gasteiger partial charge is 0.464 e. The highest BCUT2D eigenvalue weighted by molar-refractivity contribution is 5.77. The summed E-state index contributed by atoms with van der Waals surface area (Å²) in [4.78, 5) is 11.9. The van der Waals surface area contributed by atoms with Gasteiger partial charge in [-0.1, -0.05) is 63.4 Å². The van der Waals surface area contributed by atoms with Crippen LogP contribution in [0, 0.1) is 5.92 Å². The van der Waals surface area contributed by atoms with E-state index in [1.54, 1.807) is 0 Å². The number of esters is 1. The Kier molecular flexibility index (Phi) is 7.19. The van der Waals surface area contributed by atoms with Gasteiger partial charge >= 0.3 is 5.97 Å². The Labute approximate surface area is 116 Å². The van der Waals surface area contributed by atoms with Crippen molar-refractivity contribution < 1.29 is 9.53 Å². The van der Waals surface area contributed by atoms with Crippen LogP contribution in [0.5, 0.6) is 0 Å². The molecule has 0 aliphatic carbocycles. The molecule has 2 N–H and O–H groups in total. The van der Waals surface area contributed by atoms with Crippen molar-refractivity contribution in [1.82, 2.24) is 0 Å². The zero-order chi connectivity index (χ0) is 14.1.